The Hall–Kier alpha value is -1.04. The van der Waals surface area contributed by atoms with E-state index in [4.69, 9.17) is 0 Å². The van der Waals surface area contributed by atoms with E-state index in [0.717, 1.165) is 22.6 Å². The lowest BCUT2D eigenvalue weighted by molar-refractivity contribution is -0.143. The second kappa shape index (κ2) is 5.08. The standard InChI is InChI=1S/C11H18N2O3S/c1-4-11(5-2,7-17)6-13-9(15)8(14)12(3)10(13)16/h17H,4-7H2,1-3H3. The van der Waals surface area contributed by atoms with Crippen molar-refractivity contribution in [1.82, 2.24) is 9.80 Å². The van der Waals surface area contributed by atoms with Gasteiger partial charge in [-0.1, -0.05) is 13.8 Å². The molecule has 96 valence electrons. The zero-order chi connectivity index (χ0) is 13.2. The zero-order valence-electron chi connectivity index (χ0n) is 10.4. The first-order valence-corrected chi connectivity index (χ1v) is 6.30. The molecule has 1 rings (SSSR count). The van der Waals surface area contributed by atoms with Crippen LogP contribution in [0.1, 0.15) is 26.7 Å². The molecule has 0 aliphatic carbocycles. The number of hydrogen-bond donors (Lipinski definition) is 1. The minimum Gasteiger partial charge on any atom is -0.263 e. The van der Waals surface area contributed by atoms with Gasteiger partial charge in [-0.2, -0.15) is 12.6 Å². The molecule has 5 nitrogen and oxygen atoms in total. The first-order chi connectivity index (χ1) is 7.92. The molecule has 1 saturated heterocycles. The van der Waals surface area contributed by atoms with Gasteiger partial charge < -0.3 is 0 Å². The maximum Gasteiger partial charge on any atom is 0.333 e. The molecule has 0 N–H and O–H groups in total. The molecule has 0 atom stereocenters. The summed E-state index contributed by atoms with van der Waals surface area (Å²) in [7, 11) is 1.32. The van der Waals surface area contributed by atoms with Crippen LogP contribution < -0.4 is 0 Å². The van der Waals surface area contributed by atoms with Crippen molar-refractivity contribution in [3.05, 3.63) is 0 Å². The number of hydrogen-bond acceptors (Lipinski definition) is 4. The van der Waals surface area contributed by atoms with Crippen molar-refractivity contribution in [3.8, 4) is 0 Å². The van der Waals surface area contributed by atoms with Gasteiger partial charge >= 0.3 is 17.8 Å². The van der Waals surface area contributed by atoms with Crippen molar-refractivity contribution in [1.29, 1.82) is 0 Å². The molecule has 1 aliphatic rings. The summed E-state index contributed by atoms with van der Waals surface area (Å²) in [4.78, 5) is 36.6. The van der Waals surface area contributed by atoms with Gasteiger partial charge in [0, 0.05) is 13.6 Å². The third-order valence-electron chi connectivity index (χ3n) is 3.58. The fourth-order valence-electron chi connectivity index (χ4n) is 1.84. The Labute approximate surface area is 107 Å². The molecule has 17 heavy (non-hydrogen) atoms. The summed E-state index contributed by atoms with van der Waals surface area (Å²) in [5.41, 5.74) is -0.208. The Morgan fingerprint density at radius 1 is 1.12 bits per heavy atom. The summed E-state index contributed by atoms with van der Waals surface area (Å²) in [6, 6.07) is -0.534. The minimum absolute atomic E-state index is 0.208. The van der Waals surface area contributed by atoms with Gasteiger partial charge in [0.05, 0.1) is 0 Å². The molecule has 0 spiro atoms. The average Bonchev–Trinajstić information content (AvgIpc) is 2.53. The molecule has 0 aromatic rings. The van der Waals surface area contributed by atoms with Crippen LogP contribution in [0.3, 0.4) is 0 Å². The summed E-state index contributed by atoms with van der Waals surface area (Å²) in [6.45, 7) is 4.25. The molecule has 0 bridgehead atoms. The fourth-order valence-corrected chi connectivity index (χ4v) is 2.38. The SMILES string of the molecule is CCC(CC)(CS)CN1C(=O)C(=O)N(C)C1=O. The zero-order valence-corrected chi connectivity index (χ0v) is 11.3. The van der Waals surface area contributed by atoms with Crippen LogP contribution in [-0.2, 0) is 9.59 Å². The van der Waals surface area contributed by atoms with E-state index in [9.17, 15) is 14.4 Å². The molecule has 1 aliphatic heterocycles. The molecule has 0 unspecified atom stereocenters. The van der Waals surface area contributed by atoms with Gasteiger partial charge in [-0.05, 0) is 24.0 Å². The molecule has 0 saturated carbocycles. The summed E-state index contributed by atoms with van der Waals surface area (Å²) < 4.78 is 0. The molecule has 1 heterocycles. The van der Waals surface area contributed by atoms with Gasteiger partial charge in [-0.3, -0.25) is 19.4 Å². The Morgan fingerprint density at radius 2 is 1.65 bits per heavy atom. The second-order valence-corrected chi connectivity index (χ2v) is 4.72. The van der Waals surface area contributed by atoms with Gasteiger partial charge in [0.2, 0.25) is 0 Å². The molecular formula is C11H18N2O3S. The summed E-state index contributed by atoms with van der Waals surface area (Å²) in [6.07, 6.45) is 1.62. The van der Waals surface area contributed by atoms with Crippen LogP contribution in [-0.4, -0.2) is 47.0 Å². The van der Waals surface area contributed by atoms with Crippen LogP contribution >= 0.6 is 12.6 Å². The van der Waals surface area contributed by atoms with Gasteiger partial charge in [-0.15, -0.1) is 0 Å². The largest absolute Gasteiger partial charge is 0.333 e. The first kappa shape index (κ1) is 14.0. The van der Waals surface area contributed by atoms with Crippen LogP contribution in [0.15, 0.2) is 0 Å². The van der Waals surface area contributed by atoms with E-state index in [1.54, 1.807) is 0 Å². The molecule has 1 fully saturated rings. The monoisotopic (exact) mass is 258 g/mol. The van der Waals surface area contributed by atoms with Gasteiger partial charge in [-0.25, -0.2) is 4.79 Å². The Bertz CT molecular complexity index is 344. The van der Waals surface area contributed by atoms with E-state index in [0.29, 0.717) is 5.75 Å². The van der Waals surface area contributed by atoms with Gasteiger partial charge in [0.1, 0.15) is 0 Å². The molecule has 0 radical (unpaired) electrons. The third-order valence-corrected chi connectivity index (χ3v) is 4.25. The number of carbonyl (C=O) groups is 3. The Morgan fingerprint density at radius 3 is 1.94 bits per heavy atom. The van der Waals surface area contributed by atoms with E-state index in [1.807, 2.05) is 13.8 Å². The van der Waals surface area contributed by atoms with E-state index in [1.165, 1.54) is 7.05 Å². The number of carbonyl (C=O) groups excluding carboxylic acids is 3. The van der Waals surface area contributed by atoms with E-state index in [-0.39, 0.29) is 12.0 Å². The smallest absolute Gasteiger partial charge is 0.263 e. The van der Waals surface area contributed by atoms with Crippen molar-refractivity contribution in [2.24, 2.45) is 5.41 Å². The predicted octanol–water partition coefficient (Wildman–Crippen LogP) is 1.14. The maximum absolute atomic E-state index is 11.7. The normalized spacial score (nSPS) is 17.3. The van der Waals surface area contributed by atoms with Crippen molar-refractivity contribution >= 4 is 30.5 Å². The van der Waals surface area contributed by atoms with Crippen molar-refractivity contribution in [2.75, 3.05) is 19.3 Å². The molecule has 4 amide bonds. The number of rotatable bonds is 5. The number of amides is 4. The van der Waals surface area contributed by atoms with Crippen molar-refractivity contribution in [3.63, 3.8) is 0 Å². The minimum atomic E-state index is -0.754. The first-order valence-electron chi connectivity index (χ1n) is 5.66. The van der Waals surface area contributed by atoms with Crippen LogP contribution in [0.5, 0.6) is 0 Å². The Balaban J connectivity index is 2.91. The summed E-state index contributed by atoms with van der Waals surface area (Å²) in [5, 5.41) is 0. The third kappa shape index (κ3) is 2.31. The lowest BCUT2D eigenvalue weighted by Gasteiger charge is -2.32. The Kier molecular flexibility index (Phi) is 4.19. The highest BCUT2D eigenvalue weighted by Gasteiger charge is 2.45. The summed E-state index contributed by atoms with van der Waals surface area (Å²) in [5.74, 6) is -0.907. The van der Waals surface area contributed by atoms with E-state index in [2.05, 4.69) is 12.6 Å². The summed E-state index contributed by atoms with van der Waals surface area (Å²) >= 11 is 4.29. The highest BCUT2D eigenvalue weighted by Crippen LogP contribution is 2.30. The lowest BCUT2D eigenvalue weighted by atomic mass is 9.84. The number of thiol groups is 1. The molecule has 6 heteroatoms. The number of nitrogens with zero attached hydrogens (tertiary/aromatic N) is 2. The maximum atomic E-state index is 11.7. The molecular weight excluding hydrogens is 240 g/mol. The van der Waals surface area contributed by atoms with Gasteiger partial charge in [0.25, 0.3) is 0 Å². The number of urea groups is 1. The van der Waals surface area contributed by atoms with Crippen LogP contribution in [0.2, 0.25) is 0 Å². The molecule has 0 aromatic heterocycles. The quantitative estimate of drug-likeness (QED) is 0.457. The lowest BCUT2D eigenvalue weighted by Crippen LogP contribution is -2.42. The van der Waals surface area contributed by atoms with E-state index >= 15 is 0 Å². The topological polar surface area (TPSA) is 57.7 Å². The highest BCUT2D eigenvalue weighted by molar-refractivity contribution is 7.80. The van der Waals surface area contributed by atoms with Crippen LogP contribution in [0.25, 0.3) is 0 Å². The molecule has 0 aromatic carbocycles. The average molecular weight is 258 g/mol. The number of likely N-dealkylation sites (N-methyl/N-ethyl adjacent to an activating group) is 1. The highest BCUT2D eigenvalue weighted by atomic mass is 32.1. The fraction of sp³-hybridized carbons (Fsp3) is 0.727. The van der Waals surface area contributed by atoms with Crippen molar-refractivity contribution in [2.45, 2.75) is 26.7 Å². The van der Waals surface area contributed by atoms with Crippen LogP contribution in [0, 0.1) is 5.41 Å². The predicted molar refractivity (Wildman–Crippen MR) is 66.7 cm³/mol. The second-order valence-electron chi connectivity index (χ2n) is 4.40. The van der Waals surface area contributed by atoms with Crippen LogP contribution in [0.4, 0.5) is 4.79 Å². The number of imide groups is 2. The van der Waals surface area contributed by atoms with Crippen molar-refractivity contribution < 1.29 is 14.4 Å². The van der Waals surface area contributed by atoms with E-state index < -0.39 is 17.8 Å². The van der Waals surface area contributed by atoms with Gasteiger partial charge in [0.15, 0.2) is 0 Å².